The van der Waals surface area contributed by atoms with E-state index in [1.807, 2.05) is 0 Å². The molecule has 1 aromatic rings. The Morgan fingerprint density at radius 1 is 1.54 bits per heavy atom. The lowest BCUT2D eigenvalue weighted by molar-refractivity contribution is 0.146. The molecule has 0 amide bonds. The molecule has 0 saturated carbocycles. The first kappa shape index (κ1) is 9.66. The van der Waals surface area contributed by atoms with E-state index in [0.717, 1.165) is 6.20 Å². The topological polar surface area (TPSA) is 79.4 Å². The molecule has 0 bridgehead atoms. The van der Waals surface area contributed by atoms with Gasteiger partial charge in [-0.1, -0.05) is 0 Å². The first-order chi connectivity index (χ1) is 6.07. The minimum absolute atomic E-state index is 0.120. The molecule has 0 radical (unpaired) electrons. The minimum Gasteiger partial charge on any atom is -0.506 e. The first-order valence-electron chi connectivity index (χ1n) is 3.43. The Kier molecular flexibility index (Phi) is 2.62. The average molecular weight is 190 g/mol. The summed E-state index contributed by atoms with van der Waals surface area (Å²) in [5.41, 5.74) is 4.13. The van der Waals surface area contributed by atoms with E-state index in [2.05, 4.69) is 4.98 Å². The van der Waals surface area contributed by atoms with E-state index in [1.54, 1.807) is 0 Å². The second-order valence-corrected chi connectivity index (χ2v) is 2.38. The van der Waals surface area contributed by atoms with Crippen LogP contribution in [0.15, 0.2) is 6.20 Å². The third-order valence-corrected chi connectivity index (χ3v) is 1.60. The van der Waals surface area contributed by atoms with E-state index in [-0.39, 0.29) is 17.0 Å². The monoisotopic (exact) mass is 190 g/mol. The van der Waals surface area contributed by atoms with Crippen molar-refractivity contribution in [3.63, 3.8) is 0 Å². The van der Waals surface area contributed by atoms with Crippen LogP contribution in [0.1, 0.15) is 17.7 Å². The number of nitrogen functional groups attached to an aromatic ring is 1. The van der Waals surface area contributed by atoms with Crippen LogP contribution in [0.5, 0.6) is 5.75 Å². The molecule has 0 aliphatic rings. The summed E-state index contributed by atoms with van der Waals surface area (Å²) in [5, 5.41) is 17.7. The molecule has 0 aliphatic carbocycles. The summed E-state index contributed by atoms with van der Waals surface area (Å²) in [6.07, 6.45) is -1.98. The number of halogens is 2. The zero-order valence-corrected chi connectivity index (χ0v) is 6.54. The van der Waals surface area contributed by atoms with Crippen LogP contribution in [0.3, 0.4) is 0 Å². The Balaban J connectivity index is 3.27. The van der Waals surface area contributed by atoms with E-state index in [9.17, 15) is 8.78 Å². The average Bonchev–Trinajstić information content (AvgIpc) is 2.04. The molecule has 4 N–H and O–H groups in total. The molecular formula is C7H8F2N2O2. The molecule has 13 heavy (non-hydrogen) atoms. The van der Waals surface area contributed by atoms with Gasteiger partial charge in [-0.15, -0.1) is 0 Å². The first-order valence-corrected chi connectivity index (χ1v) is 3.43. The predicted octanol–water partition coefficient (Wildman–Crippen LogP) is 0.799. The van der Waals surface area contributed by atoms with Gasteiger partial charge in [0.05, 0.1) is 18.5 Å². The molecule has 1 heterocycles. The van der Waals surface area contributed by atoms with Crippen LogP contribution in [-0.4, -0.2) is 15.2 Å². The van der Waals surface area contributed by atoms with E-state index >= 15 is 0 Å². The van der Waals surface area contributed by atoms with E-state index in [4.69, 9.17) is 15.9 Å². The fraction of sp³-hybridized carbons (Fsp3) is 0.286. The zero-order valence-electron chi connectivity index (χ0n) is 6.54. The third-order valence-electron chi connectivity index (χ3n) is 1.60. The zero-order chi connectivity index (χ0) is 10.0. The summed E-state index contributed by atoms with van der Waals surface area (Å²) in [7, 11) is 0. The molecule has 1 rings (SSSR count). The van der Waals surface area contributed by atoms with Gasteiger partial charge < -0.3 is 15.9 Å². The SMILES string of the molecule is Nc1c(C(F)F)ncc(O)c1CO. The Morgan fingerprint density at radius 2 is 2.15 bits per heavy atom. The highest BCUT2D eigenvalue weighted by Crippen LogP contribution is 2.30. The van der Waals surface area contributed by atoms with Gasteiger partial charge >= 0.3 is 0 Å². The van der Waals surface area contributed by atoms with Gasteiger partial charge in [-0.3, -0.25) is 0 Å². The summed E-state index contributed by atoms with van der Waals surface area (Å²) < 4.78 is 24.3. The van der Waals surface area contributed by atoms with Gasteiger partial charge in [0.1, 0.15) is 11.4 Å². The standard InChI is InChI=1S/C7H8F2N2O2/c8-7(9)6-5(10)3(2-12)4(13)1-11-6/h1,7,12-13H,2,10H2. The Hall–Kier alpha value is -1.43. The van der Waals surface area contributed by atoms with Crippen LogP contribution >= 0.6 is 0 Å². The molecule has 0 atom stereocenters. The highest BCUT2D eigenvalue weighted by Gasteiger charge is 2.17. The summed E-state index contributed by atoms with van der Waals surface area (Å²) >= 11 is 0. The van der Waals surface area contributed by atoms with Crippen molar-refractivity contribution in [3.05, 3.63) is 17.5 Å². The lowest BCUT2D eigenvalue weighted by atomic mass is 10.1. The number of aromatic nitrogens is 1. The number of alkyl halides is 2. The van der Waals surface area contributed by atoms with Crippen molar-refractivity contribution in [3.8, 4) is 5.75 Å². The molecule has 0 unspecified atom stereocenters. The second kappa shape index (κ2) is 3.53. The highest BCUT2D eigenvalue weighted by atomic mass is 19.3. The fourth-order valence-corrected chi connectivity index (χ4v) is 0.911. The van der Waals surface area contributed by atoms with Crippen molar-refractivity contribution in [2.24, 2.45) is 0 Å². The number of nitrogens with zero attached hydrogens (tertiary/aromatic N) is 1. The molecule has 4 nitrogen and oxygen atoms in total. The number of aliphatic hydroxyl groups is 1. The van der Waals surface area contributed by atoms with Crippen molar-refractivity contribution >= 4 is 5.69 Å². The largest absolute Gasteiger partial charge is 0.506 e. The van der Waals surface area contributed by atoms with Gasteiger partial charge in [0.25, 0.3) is 6.43 Å². The maximum Gasteiger partial charge on any atom is 0.282 e. The fourth-order valence-electron chi connectivity index (χ4n) is 0.911. The van der Waals surface area contributed by atoms with Gasteiger partial charge in [-0.25, -0.2) is 13.8 Å². The van der Waals surface area contributed by atoms with Gasteiger partial charge in [0.15, 0.2) is 0 Å². The number of aromatic hydroxyl groups is 1. The quantitative estimate of drug-likeness (QED) is 0.644. The van der Waals surface area contributed by atoms with Gasteiger partial charge in [-0.2, -0.15) is 0 Å². The van der Waals surface area contributed by atoms with E-state index in [1.165, 1.54) is 0 Å². The van der Waals surface area contributed by atoms with Gasteiger partial charge in [0.2, 0.25) is 0 Å². The van der Waals surface area contributed by atoms with Crippen molar-refractivity contribution in [1.29, 1.82) is 0 Å². The van der Waals surface area contributed by atoms with Crippen LogP contribution in [0, 0.1) is 0 Å². The molecule has 0 aliphatic heterocycles. The smallest absolute Gasteiger partial charge is 0.282 e. The predicted molar refractivity (Wildman–Crippen MR) is 41.2 cm³/mol. The normalized spacial score (nSPS) is 10.8. The summed E-state index contributed by atoms with van der Waals surface area (Å²) in [6, 6.07) is 0. The molecule has 72 valence electrons. The molecule has 0 fully saturated rings. The molecule has 1 aromatic heterocycles. The van der Waals surface area contributed by atoms with Crippen molar-refractivity contribution in [2.75, 3.05) is 5.73 Å². The third kappa shape index (κ3) is 1.67. The van der Waals surface area contributed by atoms with Crippen LogP contribution in [0.25, 0.3) is 0 Å². The number of pyridine rings is 1. The molecule has 6 heteroatoms. The van der Waals surface area contributed by atoms with Gasteiger partial charge in [0, 0.05) is 5.56 Å². The number of anilines is 1. The number of rotatable bonds is 2. The Bertz CT molecular complexity index is 318. The summed E-state index contributed by atoms with van der Waals surface area (Å²) in [6.45, 7) is -0.597. The summed E-state index contributed by atoms with van der Waals surface area (Å²) in [4.78, 5) is 3.25. The van der Waals surface area contributed by atoms with Gasteiger partial charge in [-0.05, 0) is 0 Å². The highest BCUT2D eigenvalue weighted by molar-refractivity contribution is 5.56. The lowest BCUT2D eigenvalue weighted by Crippen LogP contribution is -2.03. The van der Waals surface area contributed by atoms with E-state index in [0.29, 0.717) is 0 Å². The summed E-state index contributed by atoms with van der Waals surface area (Å²) in [5.74, 6) is -0.385. The van der Waals surface area contributed by atoms with Crippen LogP contribution in [0.2, 0.25) is 0 Å². The maximum atomic E-state index is 12.2. The van der Waals surface area contributed by atoms with Crippen LogP contribution < -0.4 is 5.73 Å². The van der Waals surface area contributed by atoms with E-state index < -0.39 is 18.7 Å². The Morgan fingerprint density at radius 3 is 2.62 bits per heavy atom. The van der Waals surface area contributed by atoms with Crippen molar-refractivity contribution in [1.82, 2.24) is 4.98 Å². The lowest BCUT2D eigenvalue weighted by Gasteiger charge is -2.08. The minimum atomic E-state index is -2.81. The van der Waals surface area contributed by atoms with Crippen LogP contribution in [-0.2, 0) is 6.61 Å². The number of nitrogens with two attached hydrogens (primary N) is 1. The molecule has 0 aromatic carbocycles. The number of hydrogen-bond acceptors (Lipinski definition) is 4. The van der Waals surface area contributed by atoms with Crippen molar-refractivity contribution in [2.45, 2.75) is 13.0 Å². The number of hydrogen-bond donors (Lipinski definition) is 3. The molecular weight excluding hydrogens is 182 g/mol. The van der Waals surface area contributed by atoms with Crippen LogP contribution in [0.4, 0.5) is 14.5 Å². The van der Waals surface area contributed by atoms with Crippen molar-refractivity contribution < 1.29 is 19.0 Å². The molecule has 0 saturated heterocycles. The maximum absolute atomic E-state index is 12.2. The Labute approximate surface area is 72.6 Å². The second-order valence-electron chi connectivity index (χ2n) is 2.38. The number of aliphatic hydroxyl groups excluding tert-OH is 1. The molecule has 0 spiro atoms.